The fourth-order valence-electron chi connectivity index (χ4n) is 3.93. The lowest BCUT2D eigenvalue weighted by molar-refractivity contribution is -0.135. The number of amides is 2. The zero-order chi connectivity index (χ0) is 17.4. The van der Waals surface area contributed by atoms with Gasteiger partial charge in [-0.1, -0.05) is 6.07 Å². The highest BCUT2D eigenvalue weighted by atomic mass is 19.1. The van der Waals surface area contributed by atoms with Crippen LogP contribution in [0.4, 0.5) is 4.39 Å². The summed E-state index contributed by atoms with van der Waals surface area (Å²) in [6.45, 7) is 2.89. The molecule has 1 aromatic heterocycles. The number of aromatic nitrogens is 1. The first-order valence-electron chi connectivity index (χ1n) is 8.99. The van der Waals surface area contributed by atoms with Crippen LogP contribution >= 0.6 is 0 Å². The zero-order valence-corrected chi connectivity index (χ0v) is 14.1. The van der Waals surface area contributed by atoms with Crippen LogP contribution in [0.2, 0.25) is 0 Å². The first-order valence-corrected chi connectivity index (χ1v) is 8.99. The molecule has 132 valence electrons. The first kappa shape index (κ1) is 16.1. The third-order valence-corrected chi connectivity index (χ3v) is 5.39. The van der Waals surface area contributed by atoms with Gasteiger partial charge >= 0.3 is 0 Å². The summed E-state index contributed by atoms with van der Waals surface area (Å²) in [4.78, 5) is 31.9. The molecule has 2 amide bonds. The van der Waals surface area contributed by atoms with Gasteiger partial charge in [-0.3, -0.25) is 9.59 Å². The fraction of sp³-hybridized carbons (Fsp3) is 0.474. The van der Waals surface area contributed by atoms with Crippen molar-refractivity contribution in [3.63, 3.8) is 0 Å². The second-order valence-electron chi connectivity index (χ2n) is 6.98. The van der Waals surface area contributed by atoms with Gasteiger partial charge < -0.3 is 14.8 Å². The topological polar surface area (TPSA) is 56.4 Å². The summed E-state index contributed by atoms with van der Waals surface area (Å²) in [5.74, 6) is -0.176. The smallest absolute Gasteiger partial charge is 0.270 e. The molecule has 0 spiro atoms. The molecule has 4 rings (SSSR count). The standard InChI is InChI=1S/C19H22FN3O2/c20-15-4-3-5-16-14(15)12-17(21-16)19(25)23-10-6-13(7-11-23)18(24)22-8-1-2-9-22/h3-5,12-13,21H,1-2,6-11H2. The highest BCUT2D eigenvalue weighted by Gasteiger charge is 2.31. The lowest BCUT2D eigenvalue weighted by Crippen LogP contribution is -2.43. The van der Waals surface area contributed by atoms with Crippen LogP contribution in [0.3, 0.4) is 0 Å². The Balaban J connectivity index is 1.42. The van der Waals surface area contributed by atoms with Gasteiger partial charge in [-0.2, -0.15) is 0 Å². The molecule has 0 unspecified atom stereocenters. The quantitative estimate of drug-likeness (QED) is 0.912. The summed E-state index contributed by atoms with van der Waals surface area (Å²) in [5.41, 5.74) is 1.03. The molecule has 5 nitrogen and oxygen atoms in total. The summed E-state index contributed by atoms with van der Waals surface area (Å²) in [6, 6.07) is 6.35. The van der Waals surface area contributed by atoms with Crippen molar-refractivity contribution in [3.05, 3.63) is 35.8 Å². The molecule has 3 heterocycles. The van der Waals surface area contributed by atoms with E-state index in [2.05, 4.69) is 4.98 Å². The van der Waals surface area contributed by atoms with Crippen LogP contribution in [0.5, 0.6) is 0 Å². The summed E-state index contributed by atoms with van der Waals surface area (Å²) in [6.07, 6.45) is 3.60. The summed E-state index contributed by atoms with van der Waals surface area (Å²) >= 11 is 0. The highest BCUT2D eigenvalue weighted by molar-refractivity contribution is 5.98. The largest absolute Gasteiger partial charge is 0.350 e. The van der Waals surface area contributed by atoms with E-state index in [1.165, 1.54) is 6.07 Å². The number of likely N-dealkylation sites (tertiary alicyclic amines) is 2. The monoisotopic (exact) mass is 343 g/mol. The van der Waals surface area contributed by atoms with Gasteiger partial charge in [-0.15, -0.1) is 0 Å². The van der Waals surface area contributed by atoms with E-state index in [9.17, 15) is 14.0 Å². The average Bonchev–Trinajstić information content (AvgIpc) is 3.31. The predicted molar refractivity (Wildman–Crippen MR) is 92.7 cm³/mol. The molecule has 2 aliphatic rings. The van der Waals surface area contributed by atoms with Crippen molar-refractivity contribution < 1.29 is 14.0 Å². The second kappa shape index (κ2) is 6.50. The minimum Gasteiger partial charge on any atom is -0.350 e. The number of nitrogens with one attached hydrogen (secondary N) is 1. The van der Waals surface area contributed by atoms with E-state index in [0.717, 1.165) is 25.9 Å². The number of H-pyrrole nitrogens is 1. The van der Waals surface area contributed by atoms with Crippen molar-refractivity contribution in [2.45, 2.75) is 25.7 Å². The number of nitrogens with zero attached hydrogens (tertiary/aromatic N) is 2. The van der Waals surface area contributed by atoms with Crippen molar-refractivity contribution in [1.29, 1.82) is 0 Å². The number of aromatic amines is 1. The predicted octanol–water partition coefficient (Wildman–Crippen LogP) is 2.78. The van der Waals surface area contributed by atoms with E-state index in [-0.39, 0.29) is 23.5 Å². The lowest BCUT2D eigenvalue weighted by atomic mass is 9.95. The van der Waals surface area contributed by atoms with E-state index in [1.807, 2.05) is 4.90 Å². The molecular formula is C19H22FN3O2. The number of hydrogen-bond donors (Lipinski definition) is 1. The van der Waals surface area contributed by atoms with E-state index in [1.54, 1.807) is 23.1 Å². The SMILES string of the molecule is O=C(c1cc2c(F)cccc2[nH]1)N1CCC(C(=O)N2CCCC2)CC1. The third-order valence-electron chi connectivity index (χ3n) is 5.39. The summed E-state index contributed by atoms with van der Waals surface area (Å²) in [7, 11) is 0. The summed E-state index contributed by atoms with van der Waals surface area (Å²) < 4.78 is 13.8. The van der Waals surface area contributed by atoms with Crippen molar-refractivity contribution in [1.82, 2.24) is 14.8 Å². The van der Waals surface area contributed by atoms with Gasteiger partial charge in [0, 0.05) is 43.0 Å². The van der Waals surface area contributed by atoms with E-state index in [4.69, 9.17) is 0 Å². The van der Waals surface area contributed by atoms with Gasteiger partial charge in [0.25, 0.3) is 5.91 Å². The van der Waals surface area contributed by atoms with Crippen molar-refractivity contribution in [3.8, 4) is 0 Å². The Bertz CT molecular complexity index is 802. The molecular weight excluding hydrogens is 321 g/mol. The van der Waals surface area contributed by atoms with E-state index >= 15 is 0 Å². The van der Waals surface area contributed by atoms with Crippen LogP contribution in [-0.4, -0.2) is 52.8 Å². The van der Waals surface area contributed by atoms with Gasteiger partial charge in [-0.05, 0) is 43.9 Å². The molecule has 1 N–H and O–H groups in total. The fourth-order valence-corrected chi connectivity index (χ4v) is 3.93. The molecule has 0 atom stereocenters. The average molecular weight is 343 g/mol. The number of carbonyl (C=O) groups excluding carboxylic acids is 2. The molecule has 0 aliphatic carbocycles. The number of hydrogen-bond acceptors (Lipinski definition) is 2. The van der Waals surface area contributed by atoms with Gasteiger partial charge in [0.15, 0.2) is 0 Å². The van der Waals surface area contributed by atoms with Crippen LogP contribution in [0, 0.1) is 11.7 Å². The molecule has 2 aliphatic heterocycles. The van der Waals surface area contributed by atoms with Crippen molar-refractivity contribution in [2.24, 2.45) is 5.92 Å². The van der Waals surface area contributed by atoms with Crippen LogP contribution < -0.4 is 0 Å². The molecule has 25 heavy (non-hydrogen) atoms. The number of benzene rings is 1. The van der Waals surface area contributed by atoms with Crippen LogP contribution in [0.15, 0.2) is 24.3 Å². The number of rotatable bonds is 2. The molecule has 2 fully saturated rings. The van der Waals surface area contributed by atoms with Gasteiger partial charge in [-0.25, -0.2) is 4.39 Å². The Morgan fingerprint density at radius 3 is 2.44 bits per heavy atom. The lowest BCUT2D eigenvalue weighted by Gasteiger charge is -2.33. The maximum Gasteiger partial charge on any atom is 0.270 e. The van der Waals surface area contributed by atoms with Gasteiger partial charge in [0.05, 0.1) is 0 Å². The molecule has 0 saturated carbocycles. The third kappa shape index (κ3) is 3.01. The minimum absolute atomic E-state index is 0.0299. The van der Waals surface area contributed by atoms with E-state index in [0.29, 0.717) is 42.5 Å². The van der Waals surface area contributed by atoms with Crippen LogP contribution in [-0.2, 0) is 4.79 Å². The Morgan fingerprint density at radius 1 is 1.04 bits per heavy atom. The Hall–Kier alpha value is -2.37. The normalized spacial score (nSPS) is 18.9. The highest BCUT2D eigenvalue weighted by Crippen LogP contribution is 2.24. The van der Waals surface area contributed by atoms with Crippen molar-refractivity contribution in [2.75, 3.05) is 26.2 Å². The second-order valence-corrected chi connectivity index (χ2v) is 6.98. The van der Waals surface area contributed by atoms with Crippen LogP contribution in [0.25, 0.3) is 10.9 Å². The molecule has 1 aromatic carbocycles. The molecule has 2 aromatic rings. The molecule has 2 saturated heterocycles. The maximum atomic E-state index is 13.8. The Morgan fingerprint density at radius 2 is 1.76 bits per heavy atom. The zero-order valence-electron chi connectivity index (χ0n) is 14.1. The Labute approximate surface area is 145 Å². The van der Waals surface area contributed by atoms with Crippen LogP contribution in [0.1, 0.15) is 36.2 Å². The van der Waals surface area contributed by atoms with E-state index < -0.39 is 0 Å². The number of carbonyl (C=O) groups is 2. The number of piperidine rings is 1. The maximum absolute atomic E-state index is 13.8. The Kier molecular flexibility index (Phi) is 4.19. The first-order chi connectivity index (χ1) is 12.1. The van der Waals surface area contributed by atoms with Gasteiger partial charge in [0.2, 0.25) is 5.91 Å². The molecule has 6 heteroatoms. The molecule has 0 radical (unpaired) electrons. The summed E-state index contributed by atoms with van der Waals surface area (Å²) in [5, 5.41) is 0.435. The van der Waals surface area contributed by atoms with Gasteiger partial charge in [0.1, 0.15) is 11.5 Å². The molecule has 0 bridgehead atoms. The minimum atomic E-state index is -0.331. The number of fused-ring (bicyclic) bond motifs is 1. The van der Waals surface area contributed by atoms with Crippen molar-refractivity contribution >= 4 is 22.7 Å². The number of halogens is 1.